The average molecular weight is 592 g/mol. The molecule has 4 bridgehead atoms. The van der Waals surface area contributed by atoms with Gasteiger partial charge in [-0.15, -0.1) is 16.4 Å². The Hall–Kier alpha value is -4.39. The average Bonchev–Trinajstić information content (AvgIpc) is 3.73. The van der Waals surface area contributed by atoms with E-state index in [0.29, 0.717) is 15.4 Å². The molecule has 0 unspecified atom stereocenters. The van der Waals surface area contributed by atoms with Crippen LogP contribution in [0.5, 0.6) is 0 Å². The van der Waals surface area contributed by atoms with E-state index in [1.165, 1.54) is 11.8 Å². The first-order valence-corrected chi connectivity index (χ1v) is 14.7. The lowest BCUT2D eigenvalue weighted by Gasteiger charge is -2.28. The van der Waals surface area contributed by atoms with E-state index in [9.17, 15) is 24.0 Å². The highest BCUT2D eigenvalue weighted by Gasteiger charge is 2.43. The number of rotatable bonds is 5. The fraction of sp³-hybridized carbons (Fsp3) is 0.414. The van der Waals surface area contributed by atoms with E-state index in [-0.39, 0.29) is 55.5 Å². The van der Waals surface area contributed by atoms with E-state index < -0.39 is 29.9 Å². The summed E-state index contributed by atoms with van der Waals surface area (Å²) in [6.07, 6.45) is 2.19. The Morgan fingerprint density at radius 1 is 1.00 bits per heavy atom. The van der Waals surface area contributed by atoms with Gasteiger partial charge in [-0.3, -0.25) is 24.0 Å². The Balaban J connectivity index is 1.46. The summed E-state index contributed by atoms with van der Waals surface area (Å²) in [6, 6.07) is 9.41. The van der Waals surface area contributed by atoms with E-state index in [0.717, 1.165) is 16.9 Å². The van der Waals surface area contributed by atoms with Gasteiger partial charge in [0.05, 0.1) is 28.5 Å². The Morgan fingerprint density at radius 3 is 2.43 bits per heavy atom. The third-order valence-corrected chi connectivity index (χ3v) is 8.72. The molecule has 220 valence electrons. The monoisotopic (exact) mass is 591 g/mol. The molecule has 4 amide bonds. The lowest BCUT2D eigenvalue weighted by Crippen LogP contribution is -2.58. The summed E-state index contributed by atoms with van der Waals surface area (Å²) in [5.41, 5.74) is 1.36. The molecule has 3 N–H and O–H groups in total. The second-order valence-electron chi connectivity index (χ2n) is 11.0. The number of likely N-dealkylation sites (tertiary alicyclic amines) is 1. The number of benzene rings is 1. The molecule has 13 heteroatoms. The molecule has 0 radical (unpaired) electrons. The molecule has 0 aliphatic carbocycles. The SMILES string of the molecule is CC(=O)c1ccc(C(=O)N2C[C@@H]3C[C@H]2C(=O)N[C@@H](C(C)C)C(=O)N[C@H](Cc2ccccc2)C(=O)NCc2cn3nn2)s1. The van der Waals surface area contributed by atoms with Crippen molar-refractivity contribution in [3.05, 3.63) is 69.7 Å². The first kappa shape index (κ1) is 29.1. The third-order valence-electron chi connectivity index (χ3n) is 7.54. The highest BCUT2D eigenvalue weighted by atomic mass is 32.1. The van der Waals surface area contributed by atoms with Crippen molar-refractivity contribution in [1.82, 2.24) is 35.8 Å². The summed E-state index contributed by atoms with van der Waals surface area (Å²) in [5.74, 6) is -2.19. The third kappa shape index (κ3) is 6.25. The molecule has 0 spiro atoms. The second-order valence-corrected chi connectivity index (χ2v) is 12.1. The lowest BCUT2D eigenvalue weighted by atomic mass is 10.00. The minimum atomic E-state index is -0.951. The summed E-state index contributed by atoms with van der Waals surface area (Å²) in [6.45, 7) is 5.31. The standard InChI is InChI=1S/C29H33N7O5S/c1-16(2)25-28(40)31-21(11-18-7-5-4-6-8-18)26(38)30-13-19-14-36(34-33-19)20-12-22(27(39)32-25)35(15-20)29(41)24-10-9-23(42-24)17(3)37/h4-10,14,16,20-22,25H,11-13,15H2,1-3H3,(H,30,38)(H,31,40)(H,32,39)/t20-,21+,22-,25-/m0/s1. The second kappa shape index (κ2) is 12.2. The van der Waals surface area contributed by atoms with Crippen LogP contribution < -0.4 is 16.0 Å². The van der Waals surface area contributed by atoms with Crippen LogP contribution in [0.15, 0.2) is 48.7 Å². The van der Waals surface area contributed by atoms with Crippen molar-refractivity contribution >= 4 is 40.7 Å². The number of hydrogen-bond donors (Lipinski definition) is 3. The normalized spacial score (nSPS) is 23.0. The molecule has 1 fully saturated rings. The van der Waals surface area contributed by atoms with Gasteiger partial charge in [0, 0.05) is 19.4 Å². The molecule has 4 heterocycles. The number of carbonyl (C=O) groups is 5. The van der Waals surface area contributed by atoms with E-state index in [1.54, 1.807) is 36.9 Å². The van der Waals surface area contributed by atoms with Crippen LogP contribution in [-0.2, 0) is 27.3 Å². The van der Waals surface area contributed by atoms with Gasteiger partial charge >= 0.3 is 0 Å². The van der Waals surface area contributed by atoms with Crippen molar-refractivity contribution in [1.29, 1.82) is 0 Å². The van der Waals surface area contributed by atoms with Gasteiger partial charge in [0.25, 0.3) is 5.91 Å². The molecule has 3 aromatic rings. The van der Waals surface area contributed by atoms with Crippen molar-refractivity contribution < 1.29 is 24.0 Å². The first-order valence-electron chi connectivity index (χ1n) is 13.9. The van der Waals surface area contributed by atoms with Crippen molar-refractivity contribution in [3.8, 4) is 0 Å². The molecule has 4 atom stereocenters. The largest absolute Gasteiger partial charge is 0.349 e. The van der Waals surface area contributed by atoms with Gasteiger partial charge in [-0.2, -0.15) is 0 Å². The minimum Gasteiger partial charge on any atom is -0.349 e. The molecule has 2 aliphatic heterocycles. The number of hydrogen-bond acceptors (Lipinski definition) is 8. The van der Waals surface area contributed by atoms with Gasteiger partial charge in [0.2, 0.25) is 17.7 Å². The molecule has 0 saturated carbocycles. The van der Waals surface area contributed by atoms with E-state index in [4.69, 9.17) is 0 Å². The van der Waals surface area contributed by atoms with Crippen molar-refractivity contribution in [3.63, 3.8) is 0 Å². The molecule has 2 aromatic heterocycles. The molecule has 2 aliphatic rings. The highest BCUT2D eigenvalue weighted by molar-refractivity contribution is 7.15. The van der Waals surface area contributed by atoms with Gasteiger partial charge < -0.3 is 20.9 Å². The zero-order valence-corrected chi connectivity index (χ0v) is 24.4. The van der Waals surface area contributed by atoms with Crippen LogP contribution in [0.25, 0.3) is 0 Å². The molecule has 1 aromatic carbocycles. The van der Waals surface area contributed by atoms with Crippen molar-refractivity contribution in [2.24, 2.45) is 5.92 Å². The Morgan fingerprint density at radius 2 is 1.74 bits per heavy atom. The zero-order valence-electron chi connectivity index (χ0n) is 23.6. The van der Waals surface area contributed by atoms with E-state index >= 15 is 0 Å². The van der Waals surface area contributed by atoms with Gasteiger partial charge in [-0.05, 0) is 30.5 Å². The van der Waals surface area contributed by atoms with Gasteiger partial charge in [-0.25, -0.2) is 4.68 Å². The van der Waals surface area contributed by atoms with E-state index in [1.807, 2.05) is 30.3 Å². The number of nitrogens with zero attached hydrogens (tertiary/aromatic N) is 4. The van der Waals surface area contributed by atoms with Gasteiger partial charge in [0.15, 0.2) is 5.78 Å². The summed E-state index contributed by atoms with van der Waals surface area (Å²) >= 11 is 1.08. The predicted octanol–water partition coefficient (Wildman–Crippen LogP) is 1.50. The van der Waals surface area contributed by atoms with Crippen LogP contribution >= 0.6 is 11.3 Å². The highest BCUT2D eigenvalue weighted by Crippen LogP contribution is 2.31. The fourth-order valence-electron chi connectivity index (χ4n) is 5.24. The molecule has 5 rings (SSSR count). The molecule has 1 saturated heterocycles. The Bertz CT molecular complexity index is 1500. The number of nitrogens with one attached hydrogen (secondary N) is 3. The zero-order chi connectivity index (χ0) is 30.0. The number of thiophene rings is 1. The summed E-state index contributed by atoms with van der Waals surface area (Å²) in [5, 5.41) is 16.9. The number of ketones is 1. The molecule has 42 heavy (non-hydrogen) atoms. The lowest BCUT2D eigenvalue weighted by molar-refractivity contribution is -0.134. The summed E-state index contributed by atoms with van der Waals surface area (Å²) < 4.78 is 1.61. The fourth-order valence-corrected chi connectivity index (χ4v) is 6.10. The first-order chi connectivity index (χ1) is 20.1. The van der Waals surface area contributed by atoms with Crippen LogP contribution in [0.4, 0.5) is 0 Å². The minimum absolute atomic E-state index is 0.0899. The van der Waals surface area contributed by atoms with E-state index in [2.05, 4.69) is 26.3 Å². The number of Topliss-reactive ketones (excluding diaryl/α,β-unsaturated/α-hetero) is 1. The van der Waals surface area contributed by atoms with Crippen LogP contribution in [0.3, 0.4) is 0 Å². The topological polar surface area (TPSA) is 155 Å². The molecule has 12 nitrogen and oxygen atoms in total. The number of fused-ring (bicyclic) bond motifs is 5. The number of aromatic nitrogens is 3. The Labute approximate surface area is 246 Å². The van der Waals surface area contributed by atoms with Crippen LogP contribution in [0.2, 0.25) is 0 Å². The number of amides is 4. The van der Waals surface area contributed by atoms with Gasteiger partial charge in [0.1, 0.15) is 23.8 Å². The van der Waals surface area contributed by atoms with Crippen LogP contribution in [0, 0.1) is 5.92 Å². The quantitative estimate of drug-likeness (QED) is 0.380. The molecular weight excluding hydrogens is 558 g/mol. The van der Waals surface area contributed by atoms with Crippen LogP contribution in [0.1, 0.15) is 63.8 Å². The number of carbonyl (C=O) groups excluding carboxylic acids is 5. The van der Waals surface area contributed by atoms with Crippen molar-refractivity contribution in [2.75, 3.05) is 6.54 Å². The summed E-state index contributed by atoms with van der Waals surface area (Å²) in [4.78, 5) is 68.3. The van der Waals surface area contributed by atoms with Gasteiger partial charge in [-0.1, -0.05) is 49.4 Å². The summed E-state index contributed by atoms with van der Waals surface area (Å²) in [7, 11) is 0. The Kier molecular flexibility index (Phi) is 8.48. The maximum absolute atomic E-state index is 13.8. The predicted molar refractivity (Wildman–Crippen MR) is 154 cm³/mol. The smallest absolute Gasteiger partial charge is 0.264 e. The maximum Gasteiger partial charge on any atom is 0.264 e. The van der Waals surface area contributed by atoms with Crippen molar-refractivity contribution in [2.45, 2.75) is 64.3 Å². The molecular formula is C29H33N7O5S. The van der Waals surface area contributed by atoms with Crippen LogP contribution in [-0.4, -0.2) is 74.0 Å². The maximum atomic E-state index is 13.8.